The van der Waals surface area contributed by atoms with Gasteiger partial charge in [-0.2, -0.15) is 0 Å². The second-order valence-corrected chi connectivity index (χ2v) is 6.47. The molecule has 21 heavy (non-hydrogen) atoms. The number of aromatic nitrogens is 1. The summed E-state index contributed by atoms with van der Waals surface area (Å²) in [5.74, 6) is 1.16. The lowest BCUT2D eigenvalue weighted by atomic mass is 10.1. The molecule has 1 saturated carbocycles. The summed E-state index contributed by atoms with van der Waals surface area (Å²) in [6.07, 6.45) is 4.84. The molecule has 1 heterocycles. The Morgan fingerprint density at radius 2 is 2.24 bits per heavy atom. The molecule has 2 rings (SSSR count). The summed E-state index contributed by atoms with van der Waals surface area (Å²) in [5.41, 5.74) is 0.578. The molecule has 0 bridgehead atoms. The Kier molecular flexibility index (Phi) is 5.45. The zero-order valence-electron chi connectivity index (χ0n) is 13.0. The second-order valence-electron chi connectivity index (χ2n) is 6.06. The van der Waals surface area contributed by atoms with E-state index in [2.05, 4.69) is 31.1 Å². The molecule has 4 nitrogen and oxygen atoms in total. The van der Waals surface area contributed by atoms with Crippen LogP contribution < -0.4 is 5.32 Å². The molecule has 0 aromatic carbocycles. The molecule has 0 unspecified atom stereocenters. The summed E-state index contributed by atoms with van der Waals surface area (Å²) < 4.78 is 0. The van der Waals surface area contributed by atoms with Crippen LogP contribution >= 0.6 is 11.6 Å². The Balaban J connectivity index is 2.12. The van der Waals surface area contributed by atoms with Gasteiger partial charge in [-0.15, -0.1) is 0 Å². The molecule has 1 aromatic rings. The normalized spacial score (nSPS) is 14.3. The Bertz CT molecular complexity index is 500. The van der Waals surface area contributed by atoms with Gasteiger partial charge in [-0.25, -0.2) is 4.98 Å². The van der Waals surface area contributed by atoms with Crippen LogP contribution in [0.1, 0.15) is 50.4 Å². The highest BCUT2D eigenvalue weighted by atomic mass is 35.5. The molecule has 0 spiro atoms. The fourth-order valence-electron chi connectivity index (χ4n) is 2.27. The topological polar surface area (TPSA) is 45.2 Å². The van der Waals surface area contributed by atoms with Crippen molar-refractivity contribution < 1.29 is 4.79 Å². The molecular weight excluding hydrogens is 286 g/mol. The van der Waals surface area contributed by atoms with Crippen molar-refractivity contribution in [1.29, 1.82) is 0 Å². The van der Waals surface area contributed by atoms with Crippen LogP contribution in [-0.2, 0) is 0 Å². The minimum atomic E-state index is 0.0441. The molecule has 1 aliphatic carbocycles. The van der Waals surface area contributed by atoms with Crippen molar-refractivity contribution in [1.82, 2.24) is 9.88 Å². The minimum Gasteiger partial charge on any atom is -0.369 e. The van der Waals surface area contributed by atoms with Crippen molar-refractivity contribution in [3.05, 3.63) is 22.8 Å². The highest BCUT2D eigenvalue weighted by Crippen LogP contribution is 2.30. The maximum Gasteiger partial charge on any atom is 0.255 e. The lowest BCUT2D eigenvalue weighted by molar-refractivity contribution is 0.0722. The zero-order valence-corrected chi connectivity index (χ0v) is 13.8. The Morgan fingerprint density at radius 3 is 2.76 bits per heavy atom. The molecule has 1 aliphatic rings. The van der Waals surface area contributed by atoms with Crippen LogP contribution in [-0.4, -0.2) is 34.9 Å². The van der Waals surface area contributed by atoms with E-state index < -0.39 is 0 Å². The number of hydrogen-bond acceptors (Lipinski definition) is 3. The van der Waals surface area contributed by atoms with Crippen LogP contribution in [0.2, 0.25) is 5.02 Å². The molecule has 1 N–H and O–H groups in total. The van der Waals surface area contributed by atoms with Gasteiger partial charge in [0, 0.05) is 25.3 Å². The van der Waals surface area contributed by atoms with E-state index in [4.69, 9.17) is 11.6 Å². The Hall–Kier alpha value is -1.29. The number of carbonyl (C=O) groups excluding carboxylic acids is 1. The number of nitrogens with one attached hydrogen (secondary N) is 1. The summed E-state index contributed by atoms with van der Waals surface area (Å²) in [5, 5.41) is 3.67. The van der Waals surface area contributed by atoms with Crippen molar-refractivity contribution in [3.63, 3.8) is 0 Å². The molecule has 116 valence electrons. The maximum atomic E-state index is 12.6. The van der Waals surface area contributed by atoms with E-state index >= 15 is 0 Å². The predicted octanol–water partition coefficient (Wildman–Crippen LogP) is 3.82. The summed E-state index contributed by atoms with van der Waals surface area (Å²) in [7, 11) is 0. The first-order valence-corrected chi connectivity index (χ1v) is 8.11. The van der Waals surface area contributed by atoms with Crippen LogP contribution in [0.4, 0.5) is 5.82 Å². The predicted molar refractivity (Wildman–Crippen MR) is 86.9 cm³/mol. The Morgan fingerprint density at radius 1 is 1.52 bits per heavy atom. The van der Waals surface area contributed by atoms with Crippen molar-refractivity contribution in [2.45, 2.75) is 46.1 Å². The second kappa shape index (κ2) is 7.12. The number of carbonyl (C=O) groups is 1. The van der Waals surface area contributed by atoms with E-state index in [0.29, 0.717) is 28.4 Å². The van der Waals surface area contributed by atoms with Crippen LogP contribution in [0.25, 0.3) is 0 Å². The number of anilines is 1. The first-order chi connectivity index (χ1) is 10.0. The smallest absolute Gasteiger partial charge is 0.255 e. The van der Waals surface area contributed by atoms with Gasteiger partial charge in [-0.3, -0.25) is 4.79 Å². The Labute approximate surface area is 131 Å². The van der Waals surface area contributed by atoms with E-state index in [-0.39, 0.29) is 5.91 Å². The number of pyridine rings is 1. The van der Waals surface area contributed by atoms with E-state index in [1.54, 1.807) is 12.3 Å². The van der Waals surface area contributed by atoms with Crippen molar-refractivity contribution in [3.8, 4) is 0 Å². The highest BCUT2D eigenvalue weighted by molar-refractivity contribution is 6.33. The molecule has 0 atom stereocenters. The third kappa shape index (κ3) is 4.34. The zero-order chi connectivity index (χ0) is 15.4. The number of hydrogen-bond donors (Lipinski definition) is 1. The summed E-state index contributed by atoms with van der Waals surface area (Å²) in [6, 6.07) is 2.13. The average molecular weight is 310 g/mol. The molecule has 0 saturated heterocycles. The number of rotatable bonds is 7. The van der Waals surface area contributed by atoms with Gasteiger partial charge in [0.2, 0.25) is 0 Å². The van der Waals surface area contributed by atoms with E-state index in [1.165, 1.54) is 0 Å². The number of halogens is 1. The molecule has 5 heteroatoms. The van der Waals surface area contributed by atoms with Gasteiger partial charge >= 0.3 is 0 Å². The van der Waals surface area contributed by atoms with E-state index in [1.807, 2.05) is 4.90 Å². The van der Waals surface area contributed by atoms with Gasteiger partial charge in [-0.1, -0.05) is 32.4 Å². The third-order valence-corrected chi connectivity index (χ3v) is 3.73. The van der Waals surface area contributed by atoms with Crippen LogP contribution in [0.5, 0.6) is 0 Å². The SMILES string of the molecule is CCCNc1ncc(C(=O)N(CC(C)C)C2CC2)cc1Cl. The van der Waals surface area contributed by atoms with Crippen molar-refractivity contribution in [2.75, 3.05) is 18.4 Å². The molecule has 0 aliphatic heterocycles. The van der Waals surface area contributed by atoms with Gasteiger partial charge in [0.05, 0.1) is 10.6 Å². The first kappa shape index (κ1) is 16.1. The van der Waals surface area contributed by atoms with Crippen LogP contribution in [0, 0.1) is 5.92 Å². The monoisotopic (exact) mass is 309 g/mol. The fraction of sp³-hybridized carbons (Fsp3) is 0.625. The number of amides is 1. The van der Waals surface area contributed by atoms with E-state index in [9.17, 15) is 4.79 Å². The quantitative estimate of drug-likeness (QED) is 0.833. The lowest BCUT2D eigenvalue weighted by Gasteiger charge is -2.24. The highest BCUT2D eigenvalue weighted by Gasteiger charge is 2.33. The largest absolute Gasteiger partial charge is 0.369 e. The van der Waals surface area contributed by atoms with Crippen LogP contribution in [0.15, 0.2) is 12.3 Å². The van der Waals surface area contributed by atoms with Crippen molar-refractivity contribution in [2.24, 2.45) is 5.92 Å². The van der Waals surface area contributed by atoms with Gasteiger partial charge in [0.1, 0.15) is 5.82 Å². The summed E-state index contributed by atoms with van der Waals surface area (Å²) in [6.45, 7) is 7.95. The standard InChI is InChI=1S/C16H24ClN3O/c1-4-7-18-15-14(17)8-12(9-19-15)16(21)20(10-11(2)3)13-5-6-13/h8-9,11,13H,4-7,10H2,1-3H3,(H,18,19). The van der Waals surface area contributed by atoms with Gasteiger partial charge in [-0.05, 0) is 31.2 Å². The fourth-order valence-corrected chi connectivity index (χ4v) is 2.50. The summed E-state index contributed by atoms with van der Waals surface area (Å²) in [4.78, 5) is 18.9. The third-order valence-electron chi connectivity index (χ3n) is 3.44. The molecule has 0 radical (unpaired) electrons. The van der Waals surface area contributed by atoms with Gasteiger partial charge in [0.15, 0.2) is 0 Å². The van der Waals surface area contributed by atoms with Gasteiger partial charge in [0.25, 0.3) is 5.91 Å². The molecule has 1 amide bonds. The summed E-state index contributed by atoms with van der Waals surface area (Å²) >= 11 is 6.22. The molecule has 1 aromatic heterocycles. The van der Waals surface area contributed by atoms with Crippen LogP contribution in [0.3, 0.4) is 0 Å². The number of nitrogens with zero attached hydrogens (tertiary/aromatic N) is 2. The molecule has 1 fully saturated rings. The van der Waals surface area contributed by atoms with Gasteiger partial charge < -0.3 is 10.2 Å². The lowest BCUT2D eigenvalue weighted by Crippen LogP contribution is -2.36. The van der Waals surface area contributed by atoms with E-state index in [0.717, 1.165) is 32.4 Å². The minimum absolute atomic E-state index is 0.0441. The van der Waals surface area contributed by atoms with Crippen molar-refractivity contribution >= 4 is 23.3 Å². The average Bonchev–Trinajstić information content (AvgIpc) is 3.27. The molecular formula is C16H24ClN3O. The maximum absolute atomic E-state index is 12.6. The first-order valence-electron chi connectivity index (χ1n) is 7.73.